The molecule has 2 aliphatic rings. The van der Waals surface area contributed by atoms with Crippen molar-refractivity contribution in [2.45, 2.75) is 72.1 Å². The zero-order valence-electron chi connectivity index (χ0n) is 19.2. The average Bonchev–Trinajstić information content (AvgIpc) is 2.70. The number of ketones is 2. The Hall–Kier alpha value is -3.34. The molecule has 180 valence electrons. The van der Waals surface area contributed by atoms with Crippen LogP contribution in [0.15, 0.2) is 22.8 Å². The second-order valence-corrected chi connectivity index (χ2v) is 7.66. The lowest BCUT2D eigenvalue weighted by Gasteiger charge is -2.45. The molecule has 0 unspecified atom stereocenters. The monoisotopic (exact) mass is 466 g/mol. The predicted octanol–water partition coefficient (Wildman–Crippen LogP) is 0.527. The van der Waals surface area contributed by atoms with Gasteiger partial charge in [0, 0.05) is 44.4 Å². The Kier molecular flexibility index (Phi) is 8.26. The van der Waals surface area contributed by atoms with E-state index in [1.165, 1.54) is 13.8 Å². The van der Waals surface area contributed by atoms with Gasteiger partial charge < -0.3 is 23.7 Å². The molecule has 0 saturated carbocycles. The molecule has 1 heterocycles. The summed E-state index contributed by atoms with van der Waals surface area (Å²) in [5.74, 6) is -4.02. The standard InChI is InChI=1S/C22H26O11/c1-9-10(2)18(28)15(7-16(9)27)19-21(31-13(5)25)22(32-14(6)26)20(30-12(4)24)17(33-19)8-29-11(3)23/h7,17,19-22H,8H2,1-6H3/t17-,19+,20-,21+,22+/m1/s1. The Morgan fingerprint density at radius 1 is 0.788 bits per heavy atom. The summed E-state index contributed by atoms with van der Waals surface area (Å²) in [5.41, 5.74) is 0.278. The summed E-state index contributed by atoms with van der Waals surface area (Å²) in [7, 11) is 0. The lowest BCUT2D eigenvalue weighted by molar-refractivity contribution is -0.246. The number of carbonyl (C=O) groups excluding carboxylic acids is 6. The molecule has 1 aliphatic carbocycles. The van der Waals surface area contributed by atoms with E-state index in [4.69, 9.17) is 23.7 Å². The first kappa shape index (κ1) is 25.9. The molecule has 0 spiro atoms. The Bertz CT molecular complexity index is 942. The Morgan fingerprint density at radius 3 is 1.82 bits per heavy atom. The third-order valence-electron chi connectivity index (χ3n) is 5.12. The van der Waals surface area contributed by atoms with Crippen LogP contribution in [0, 0.1) is 0 Å². The van der Waals surface area contributed by atoms with Crippen molar-refractivity contribution in [2.24, 2.45) is 0 Å². The molecule has 0 aromatic heterocycles. The van der Waals surface area contributed by atoms with Crippen molar-refractivity contribution in [2.75, 3.05) is 6.61 Å². The van der Waals surface area contributed by atoms with Crippen molar-refractivity contribution < 1.29 is 52.5 Å². The van der Waals surface area contributed by atoms with Crippen LogP contribution in [0.5, 0.6) is 0 Å². The van der Waals surface area contributed by atoms with Crippen LogP contribution in [-0.4, -0.2) is 72.6 Å². The van der Waals surface area contributed by atoms with Crippen LogP contribution >= 0.6 is 0 Å². The summed E-state index contributed by atoms with van der Waals surface area (Å²) in [5, 5.41) is 0. The Labute approximate surface area is 190 Å². The van der Waals surface area contributed by atoms with Gasteiger partial charge in [0.25, 0.3) is 0 Å². The zero-order valence-corrected chi connectivity index (χ0v) is 19.2. The first-order chi connectivity index (χ1) is 15.3. The van der Waals surface area contributed by atoms with Gasteiger partial charge in [0.05, 0.1) is 0 Å². The summed E-state index contributed by atoms with van der Waals surface area (Å²) in [6.45, 7) is 6.96. The Balaban J connectivity index is 2.61. The molecule has 2 rings (SSSR count). The van der Waals surface area contributed by atoms with Crippen molar-refractivity contribution >= 4 is 35.4 Å². The van der Waals surface area contributed by atoms with Crippen molar-refractivity contribution in [3.63, 3.8) is 0 Å². The molecular weight excluding hydrogens is 440 g/mol. The van der Waals surface area contributed by atoms with Crippen LogP contribution in [-0.2, 0) is 52.5 Å². The molecular formula is C22H26O11. The van der Waals surface area contributed by atoms with E-state index in [1.54, 1.807) is 0 Å². The van der Waals surface area contributed by atoms with Crippen molar-refractivity contribution in [3.05, 3.63) is 22.8 Å². The molecule has 0 radical (unpaired) electrons. The molecule has 1 fully saturated rings. The van der Waals surface area contributed by atoms with E-state index in [9.17, 15) is 28.8 Å². The van der Waals surface area contributed by atoms with Crippen LogP contribution < -0.4 is 0 Å². The van der Waals surface area contributed by atoms with Crippen LogP contribution in [0.3, 0.4) is 0 Å². The van der Waals surface area contributed by atoms with Crippen LogP contribution in [0.1, 0.15) is 41.5 Å². The second kappa shape index (κ2) is 10.5. The minimum absolute atomic E-state index is 0.138. The van der Waals surface area contributed by atoms with Gasteiger partial charge >= 0.3 is 23.9 Å². The maximum atomic E-state index is 13.0. The highest BCUT2D eigenvalue weighted by atomic mass is 16.7. The van der Waals surface area contributed by atoms with Gasteiger partial charge in [-0.1, -0.05) is 0 Å². The molecule has 0 bridgehead atoms. The van der Waals surface area contributed by atoms with E-state index < -0.39 is 72.6 Å². The highest BCUT2D eigenvalue weighted by molar-refractivity contribution is 6.22. The number of Topliss-reactive ketones (excluding diaryl/α,β-unsaturated/α-hetero) is 1. The molecule has 0 aromatic rings. The molecule has 0 amide bonds. The van der Waals surface area contributed by atoms with Crippen molar-refractivity contribution in [3.8, 4) is 0 Å². The van der Waals surface area contributed by atoms with E-state index in [2.05, 4.69) is 0 Å². The fraction of sp³-hybridized carbons (Fsp3) is 0.545. The van der Waals surface area contributed by atoms with E-state index in [1.807, 2.05) is 0 Å². The fourth-order valence-electron chi connectivity index (χ4n) is 3.58. The summed E-state index contributed by atoms with van der Waals surface area (Å²) < 4.78 is 26.9. The number of ether oxygens (including phenoxy) is 5. The third-order valence-corrected chi connectivity index (χ3v) is 5.12. The highest BCUT2D eigenvalue weighted by Gasteiger charge is 2.54. The molecule has 1 aliphatic heterocycles. The maximum absolute atomic E-state index is 13.0. The summed E-state index contributed by atoms with van der Waals surface area (Å²) in [4.78, 5) is 72.3. The van der Waals surface area contributed by atoms with Crippen molar-refractivity contribution in [1.29, 1.82) is 0 Å². The maximum Gasteiger partial charge on any atom is 0.303 e. The number of hydrogen-bond acceptors (Lipinski definition) is 11. The van der Waals surface area contributed by atoms with Gasteiger partial charge in [-0.2, -0.15) is 0 Å². The number of hydrogen-bond donors (Lipinski definition) is 0. The highest BCUT2D eigenvalue weighted by Crippen LogP contribution is 2.35. The van der Waals surface area contributed by atoms with Crippen LogP contribution in [0.4, 0.5) is 0 Å². The predicted molar refractivity (Wildman–Crippen MR) is 108 cm³/mol. The fourth-order valence-corrected chi connectivity index (χ4v) is 3.58. The summed E-state index contributed by atoms with van der Waals surface area (Å²) in [6.07, 6.45) is -5.75. The molecule has 33 heavy (non-hydrogen) atoms. The first-order valence-electron chi connectivity index (χ1n) is 10.1. The zero-order chi connectivity index (χ0) is 25.0. The van der Waals surface area contributed by atoms with E-state index in [0.29, 0.717) is 0 Å². The Morgan fingerprint density at radius 2 is 1.30 bits per heavy atom. The number of carbonyl (C=O) groups is 6. The molecule has 11 heteroatoms. The lowest BCUT2D eigenvalue weighted by atomic mass is 9.83. The van der Waals surface area contributed by atoms with Gasteiger partial charge in [-0.3, -0.25) is 28.8 Å². The smallest absolute Gasteiger partial charge is 0.303 e. The van der Waals surface area contributed by atoms with Gasteiger partial charge in [0.15, 0.2) is 29.9 Å². The molecule has 5 atom stereocenters. The normalized spacial score (nSPS) is 27.5. The average molecular weight is 466 g/mol. The van der Waals surface area contributed by atoms with Crippen molar-refractivity contribution in [1.82, 2.24) is 0 Å². The van der Waals surface area contributed by atoms with Crippen LogP contribution in [0.2, 0.25) is 0 Å². The number of rotatable bonds is 6. The third kappa shape index (κ3) is 6.13. The quantitative estimate of drug-likeness (QED) is 0.306. The van der Waals surface area contributed by atoms with Gasteiger partial charge in [-0.25, -0.2) is 0 Å². The second-order valence-electron chi connectivity index (χ2n) is 7.66. The summed E-state index contributed by atoms with van der Waals surface area (Å²) >= 11 is 0. The van der Waals surface area contributed by atoms with Gasteiger partial charge in [0.2, 0.25) is 0 Å². The number of esters is 4. The largest absolute Gasteiger partial charge is 0.463 e. The van der Waals surface area contributed by atoms with Gasteiger partial charge in [-0.15, -0.1) is 0 Å². The van der Waals surface area contributed by atoms with E-state index in [0.717, 1.165) is 33.8 Å². The molecule has 1 saturated heterocycles. The SMILES string of the molecule is CC(=O)OC[C@H]1O[C@@H](C2=CC(=O)C(C)=C(C)C2=O)[C@H](OC(C)=O)[C@@H](OC(C)=O)[C@@H]1OC(C)=O. The van der Waals surface area contributed by atoms with E-state index in [-0.39, 0.29) is 16.7 Å². The summed E-state index contributed by atoms with van der Waals surface area (Å²) in [6, 6.07) is 0. The minimum Gasteiger partial charge on any atom is -0.463 e. The molecule has 0 N–H and O–H groups in total. The molecule has 0 aromatic carbocycles. The van der Waals surface area contributed by atoms with E-state index >= 15 is 0 Å². The van der Waals surface area contributed by atoms with Gasteiger partial charge in [0.1, 0.15) is 18.8 Å². The van der Waals surface area contributed by atoms with Crippen LogP contribution in [0.25, 0.3) is 0 Å². The lowest BCUT2D eigenvalue weighted by Crippen LogP contribution is -2.63. The topological polar surface area (TPSA) is 149 Å². The first-order valence-corrected chi connectivity index (χ1v) is 10.1. The number of allylic oxidation sites excluding steroid dienone is 3. The minimum atomic E-state index is -1.45. The van der Waals surface area contributed by atoms with Gasteiger partial charge in [-0.05, 0) is 19.9 Å². The molecule has 11 nitrogen and oxygen atoms in total.